The van der Waals surface area contributed by atoms with E-state index >= 15 is 0 Å². The summed E-state index contributed by atoms with van der Waals surface area (Å²) in [6.45, 7) is 1.66. The molecule has 2 aromatic carbocycles. The van der Waals surface area contributed by atoms with Crippen LogP contribution in [0.25, 0.3) is 10.4 Å². The minimum atomic E-state index is -1.41. The van der Waals surface area contributed by atoms with Crippen LogP contribution >= 0.6 is 46.8 Å². The van der Waals surface area contributed by atoms with Gasteiger partial charge in [-0.15, -0.1) is 11.3 Å². The number of nitrogens with one attached hydrogen (secondary N) is 2. The third-order valence-corrected chi connectivity index (χ3v) is 6.29. The molecular weight excluding hydrogens is 511 g/mol. The Morgan fingerprint density at radius 2 is 1.91 bits per heavy atom. The van der Waals surface area contributed by atoms with Crippen molar-refractivity contribution in [2.24, 2.45) is 5.10 Å². The first kappa shape index (κ1) is 24.4. The highest BCUT2D eigenvalue weighted by Crippen LogP contribution is 2.40. The van der Waals surface area contributed by atoms with Gasteiger partial charge in [-0.2, -0.15) is 5.10 Å². The average Bonchev–Trinajstić information content (AvgIpc) is 3.15. The van der Waals surface area contributed by atoms with Crippen LogP contribution in [0.15, 0.2) is 46.9 Å². The molecule has 0 aliphatic carbocycles. The number of aromatic carboxylic acids is 1. The maximum Gasteiger partial charge on any atom is 0.342 e. The lowest BCUT2D eigenvalue weighted by Crippen LogP contribution is -2.25. The number of rotatable bonds is 6. The molecule has 0 bridgehead atoms. The fourth-order valence-corrected chi connectivity index (χ4v) is 4.21. The van der Waals surface area contributed by atoms with Crippen LogP contribution in [0.5, 0.6) is 5.75 Å². The summed E-state index contributed by atoms with van der Waals surface area (Å²) >= 11 is 18.4. The second-order valence-corrected chi connectivity index (χ2v) is 8.62. The van der Waals surface area contributed by atoms with E-state index in [2.05, 4.69) is 15.8 Å². The van der Waals surface area contributed by atoms with Crippen molar-refractivity contribution in [3.8, 4) is 16.2 Å². The van der Waals surface area contributed by atoms with Gasteiger partial charge in [0.2, 0.25) is 0 Å². The number of nitrogens with zero attached hydrogens (tertiary/aromatic N) is 2. The second-order valence-electron chi connectivity index (χ2n) is 6.51. The maximum atomic E-state index is 11.1. The van der Waals surface area contributed by atoms with Crippen molar-refractivity contribution >= 4 is 74.9 Å². The smallest absolute Gasteiger partial charge is 0.342 e. The van der Waals surface area contributed by atoms with Gasteiger partial charge in [0.1, 0.15) is 11.3 Å². The molecule has 1 aromatic heterocycles. The zero-order valence-corrected chi connectivity index (χ0v) is 19.8. The predicted octanol–water partition coefficient (Wildman–Crippen LogP) is 5.74. The van der Waals surface area contributed by atoms with E-state index in [0.717, 1.165) is 12.1 Å². The Morgan fingerprint density at radius 3 is 2.55 bits per heavy atom. The maximum absolute atomic E-state index is 11.1. The fraction of sp³-hybridized carbons (Fsp3) is 0.0500. The summed E-state index contributed by atoms with van der Waals surface area (Å²) in [4.78, 5) is 22.0. The van der Waals surface area contributed by atoms with Crippen LogP contribution in [-0.4, -0.2) is 31.9 Å². The Morgan fingerprint density at radius 1 is 1.18 bits per heavy atom. The number of hydrogen-bond acceptors (Lipinski definition) is 7. The van der Waals surface area contributed by atoms with Crippen LogP contribution < -0.4 is 10.7 Å². The molecule has 4 N–H and O–H groups in total. The molecule has 13 heteroatoms. The van der Waals surface area contributed by atoms with E-state index in [1.807, 2.05) is 0 Å². The quantitative estimate of drug-likeness (QED) is 0.138. The lowest BCUT2D eigenvalue weighted by Gasteiger charge is -2.09. The van der Waals surface area contributed by atoms with E-state index in [4.69, 9.17) is 40.5 Å². The Hall–Kier alpha value is -3.25. The molecule has 0 atom stereocenters. The number of thiophene rings is 1. The first-order valence-electron chi connectivity index (χ1n) is 8.97. The monoisotopic (exact) mass is 524 g/mol. The van der Waals surface area contributed by atoms with Crippen LogP contribution in [0.1, 0.15) is 22.8 Å². The van der Waals surface area contributed by atoms with E-state index in [9.17, 15) is 20.0 Å². The highest BCUT2D eigenvalue weighted by molar-refractivity contribution is 7.80. The number of halogens is 2. The Labute approximate surface area is 206 Å². The van der Waals surface area contributed by atoms with Crippen LogP contribution in [0.3, 0.4) is 0 Å². The summed E-state index contributed by atoms with van der Waals surface area (Å²) in [7, 11) is 0. The van der Waals surface area contributed by atoms with Crippen LogP contribution in [0.4, 0.5) is 11.4 Å². The zero-order valence-electron chi connectivity index (χ0n) is 16.6. The van der Waals surface area contributed by atoms with Crippen molar-refractivity contribution in [3.63, 3.8) is 0 Å². The summed E-state index contributed by atoms with van der Waals surface area (Å²) < 4.78 is 0. The van der Waals surface area contributed by atoms with E-state index in [1.165, 1.54) is 17.4 Å². The summed E-state index contributed by atoms with van der Waals surface area (Å²) in [5.74, 6) is -1.40. The van der Waals surface area contributed by atoms with Gasteiger partial charge in [0.05, 0.1) is 31.1 Å². The third kappa shape index (κ3) is 5.57. The summed E-state index contributed by atoms with van der Waals surface area (Å²) in [6.07, 6.45) is 0. The predicted molar refractivity (Wildman–Crippen MR) is 133 cm³/mol. The van der Waals surface area contributed by atoms with Crippen LogP contribution in [0.2, 0.25) is 10.0 Å². The minimum absolute atomic E-state index is 0.00569. The van der Waals surface area contributed by atoms with Gasteiger partial charge < -0.3 is 15.5 Å². The molecule has 170 valence electrons. The molecule has 0 fully saturated rings. The van der Waals surface area contributed by atoms with E-state index in [0.29, 0.717) is 31.8 Å². The van der Waals surface area contributed by atoms with Gasteiger partial charge in [-0.25, -0.2) is 4.79 Å². The van der Waals surface area contributed by atoms with Gasteiger partial charge in [-0.3, -0.25) is 15.5 Å². The number of hydrazone groups is 1. The molecule has 0 unspecified atom stereocenters. The van der Waals surface area contributed by atoms with Crippen LogP contribution in [-0.2, 0) is 0 Å². The number of hydrogen-bond donors (Lipinski definition) is 4. The number of carboxylic acid groups (broad SMARTS) is 1. The number of anilines is 1. The zero-order chi connectivity index (χ0) is 24.3. The number of carbonyl (C=O) groups is 1. The molecule has 3 aromatic rings. The van der Waals surface area contributed by atoms with Gasteiger partial charge >= 0.3 is 5.97 Å². The molecule has 0 aliphatic heterocycles. The van der Waals surface area contributed by atoms with Crippen LogP contribution in [0, 0.1) is 10.1 Å². The molecule has 3 rings (SSSR count). The highest BCUT2D eigenvalue weighted by atomic mass is 35.5. The third-order valence-electron chi connectivity index (χ3n) is 4.34. The lowest BCUT2D eigenvalue weighted by atomic mass is 10.1. The molecule has 1 heterocycles. The molecule has 0 radical (unpaired) electrons. The first-order chi connectivity index (χ1) is 15.6. The second kappa shape index (κ2) is 10.1. The van der Waals surface area contributed by atoms with E-state index in [-0.39, 0.29) is 16.5 Å². The van der Waals surface area contributed by atoms with Crippen molar-refractivity contribution < 1.29 is 19.9 Å². The Kier molecular flexibility index (Phi) is 7.49. The van der Waals surface area contributed by atoms with Gasteiger partial charge in [-0.1, -0.05) is 29.3 Å². The summed E-state index contributed by atoms with van der Waals surface area (Å²) in [5, 5.41) is 40.1. The van der Waals surface area contributed by atoms with Gasteiger partial charge in [0, 0.05) is 17.1 Å². The number of thiocarbonyl (C=S) groups is 1. The van der Waals surface area contributed by atoms with Crippen molar-refractivity contribution in [3.05, 3.63) is 73.1 Å². The minimum Gasteiger partial charge on any atom is -0.506 e. The molecule has 0 aliphatic rings. The van der Waals surface area contributed by atoms with E-state index in [1.54, 1.807) is 30.5 Å². The normalized spacial score (nSPS) is 11.2. The van der Waals surface area contributed by atoms with Crippen molar-refractivity contribution in [2.45, 2.75) is 6.92 Å². The first-order valence-corrected chi connectivity index (χ1v) is 11.0. The number of aromatic hydroxyl groups is 1. The number of benzene rings is 2. The van der Waals surface area contributed by atoms with Crippen molar-refractivity contribution in [1.82, 2.24) is 5.43 Å². The number of carboxylic acids is 1. The van der Waals surface area contributed by atoms with Gasteiger partial charge in [0.15, 0.2) is 5.11 Å². The Bertz CT molecular complexity index is 1310. The van der Waals surface area contributed by atoms with E-state index < -0.39 is 22.1 Å². The number of nitro benzene ring substituents is 1. The Balaban J connectivity index is 1.74. The van der Waals surface area contributed by atoms with Gasteiger partial charge in [0.25, 0.3) is 5.69 Å². The molecule has 0 spiro atoms. The fourth-order valence-electron chi connectivity index (χ4n) is 2.75. The molecule has 33 heavy (non-hydrogen) atoms. The van der Waals surface area contributed by atoms with Crippen molar-refractivity contribution in [2.75, 3.05) is 5.32 Å². The number of nitro groups is 1. The molecule has 9 nitrogen and oxygen atoms in total. The van der Waals surface area contributed by atoms with Gasteiger partial charge in [-0.05, 0) is 49.0 Å². The SMILES string of the molecule is C/C(=N/NC(=S)Nc1ccc(C(=O)O)c([N+](=O)[O-])c1)c1csc(-c2ccc(Cl)c(Cl)c2)c1O. The molecule has 0 saturated heterocycles. The molecule has 0 amide bonds. The highest BCUT2D eigenvalue weighted by Gasteiger charge is 2.20. The topological polar surface area (TPSA) is 137 Å². The molecular formula is C20H14Cl2N4O5S2. The lowest BCUT2D eigenvalue weighted by molar-refractivity contribution is -0.385. The molecule has 0 saturated carbocycles. The standard InChI is InChI=1S/C20H14Cl2N4O5S2/c1-9(13-8-33-18(17(13)27)10-2-5-14(21)15(22)6-10)24-25-20(32)23-11-3-4-12(19(28)29)16(7-11)26(30)31/h2-8,27H,1H3,(H,28,29)(H2,23,25,32)/b24-9-. The van der Waals surface area contributed by atoms with Crippen molar-refractivity contribution in [1.29, 1.82) is 0 Å². The largest absolute Gasteiger partial charge is 0.506 e. The average molecular weight is 525 g/mol. The summed E-state index contributed by atoms with van der Waals surface area (Å²) in [5.41, 5.74) is 3.36. The summed E-state index contributed by atoms with van der Waals surface area (Å²) in [6, 6.07) is 8.53.